The van der Waals surface area contributed by atoms with E-state index in [9.17, 15) is 19.7 Å². The summed E-state index contributed by atoms with van der Waals surface area (Å²) in [5, 5.41) is 22.8. The Hall–Kier alpha value is -2.45. The van der Waals surface area contributed by atoms with Crippen molar-refractivity contribution in [3.63, 3.8) is 0 Å². The molecule has 1 amide bonds. The number of nitro groups is 1. The molecule has 0 spiro atoms. The van der Waals surface area contributed by atoms with Crippen molar-refractivity contribution in [3.8, 4) is 0 Å². The molecule has 1 aromatic heterocycles. The topological polar surface area (TPSA) is 119 Å². The zero-order valence-electron chi connectivity index (χ0n) is 10.6. The lowest BCUT2D eigenvalue weighted by atomic mass is 10.3. The molecule has 1 aromatic rings. The highest BCUT2D eigenvalue weighted by Crippen LogP contribution is 2.27. The third kappa shape index (κ3) is 3.53. The van der Waals surface area contributed by atoms with Gasteiger partial charge in [-0.2, -0.15) is 4.68 Å². The molecule has 0 bridgehead atoms. The number of carboxylic acids is 1. The molecule has 1 aliphatic carbocycles. The number of aliphatic carboxylic acids is 1. The Morgan fingerprint density at radius 1 is 1.55 bits per heavy atom. The first-order valence-electron chi connectivity index (χ1n) is 6.16. The van der Waals surface area contributed by atoms with Crippen LogP contribution < -0.4 is 0 Å². The predicted molar refractivity (Wildman–Crippen MR) is 65.9 cm³/mol. The van der Waals surface area contributed by atoms with Gasteiger partial charge in [0, 0.05) is 12.6 Å². The molecule has 1 N–H and O–H groups in total. The fraction of sp³-hybridized carbons (Fsp3) is 0.545. The maximum atomic E-state index is 12.1. The van der Waals surface area contributed by atoms with E-state index >= 15 is 0 Å². The van der Waals surface area contributed by atoms with Crippen LogP contribution in [0.2, 0.25) is 0 Å². The summed E-state index contributed by atoms with van der Waals surface area (Å²) in [6, 6.07) is 1.30. The molecule has 1 saturated carbocycles. The van der Waals surface area contributed by atoms with Crippen molar-refractivity contribution in [2.24, 2.45) is 0 Å². The number of carbonyl (C=O) groups excluding carboxylic acids is 1. The average molecular weight is 282 g/mol. The van der Waals surface area contributed by atoms with E-state index in [1.165, 1.54) is 21.8 Å². The van der Waals surface area contributed by atoms with Crippen molar-refractivity contribution in [1.29, 1.82) is 0 Å². The summed E-state index contributed by atoms with van der Waals surface area (Å²) in [6.07, 6.45) is 2.98. The number of aromatic nitrogens is 2. The second-order valence-corrected chi connectivity index (χ2v) is 4.59. The smallest absolute Gasteiger partial charge is 0.389 e. The predicted octanol–water partition coefficient (Wildman–Crippen LogP) is 0.257. The Morgan fingerprint density at radius 3 is 2.75 bits per heavy atom. The van der Waals surface area contributed by atoms with Gasteiger partial charge in [0.05, 0.1) is 23.8 Å². The van der Waals surface area contributed by atoms with Crippen LogP contribution in [0.25, 0.3) is 0 Å². The van der Waals surface area contributed by atoms with Gasteiger partial charge >= 0.3 is 11.8 Å². The summed E-state index contributed by atoms with van der Waals surface area (Å²) in [4.78, 5) is 34.0. The number of nitrogens with zero attached hydrogens (tertiary/aromatic N) is 4. The van der Waals surface area contributed by atoms with Gasteiger partial charge in [-0.1, -0.05) is 0 Å². The van der Waals surface area contributed by atoms with E-state index in [0.29, 0.717) is 0 Å². The minimum atomic E-state index is -0.960. The lowest BCUT2D eigenvalue weighted by molar-refractivity contribution is -0.389. The number of amides is 1. The zero-order valence-corrected chi connectivity index (χ0v) is 10.6. The fourth-order valence-electron chi connectivity index (χ4n) is 1.88. The minimum absolute atomic E-state index is 0.0902. The molecular weight excluding hydrogens is 268 g/mol. The van der Waals surface area contributed by atoms with E-state index in [4.69, 9.17) is 5.11 Å². The van der Waals surface area contributed by atoms with Gasteiger partial charge in [-0.3, -0.25) is 9.59 Å². The van der Waals surface area contributed by atoms with Crippen molar-refractivity contribution in [2.45, 2.75) is 31.8 Å². The van der Waals surface area contributed by atoms with Gasteiger partial charge in [0.1, 0.15) is 6.54 Å². The molecule has 1 aliphatic rings. The minimum Gasteiger partial charge on any atom is -0.481 e. The van der Waals surface area contributed by atoms with Gasteiger partial charge in [0.25, 0.3) is 0 Å². The summed E-state index contributed by atoms with van der Waals surface area (Å²) in [7, 11) is 0. The molecule has 108 valence electrons. The van der Waals surface area contributed by atoms with Crippen LogP contribution >= 0.6 is 0 Å². The van der Waals surface area contributed by atoms with Gasteiger partial charge in [-0.05, 0) is 17.8 Å². The number of carboxylic acid groups (broad SMARTS) is 1. The van der Waals surface area contributed by atoms with Crippen molar-refractivity contribution in [3.05, 3.63) is 22.4 Å². The van der Waals surface area contributed by atoms with E-state index in [1.54, 1.807) is 0 Å². The van der Waals surface area contributed by atoms with E-state index in [-0.39, 0.29) is 37.3 Å². The zero-order chi connectivity index (χ0) is 14.7. The molecule has 0 radical (unpaired) electrons. The maximum absolute atomic E-state index is 12.1. The van der Waals surface area contributed by atoms with Crippen LogP contribution in [0.5, 0.6) is 0 Å². The van der Waals surface area contributed by atoms with Crippen molar-refractivity contribution < 1.29 is 19.6 Å². The summed E-state index contributed by atoms with van der Waals surface area (Å²) < 4.78 is 1.19. The fourth-order valence-corrected chi connectivity index (χ4v) is 1.88. The monoisotopic (exact) mass is 282 g/mol. The molecule has 0 atom stereocenters. The third-order valence-corrected chi connectivity index (χ3v) is 2.99. The molecule has 0 aliphatic heterocycles. The normalized spacial score (nSPS) is 14.0. The van der Waals surface area contributed by atoms with E-state index in [2.05, 4.69) is 5.10 Å². The molecule has 0 saturated heterocycles. The van der Waals surface area contributed by atoms with Crippen LogP contribution in [-0.2, 0) is 16.1 Å². The molecule has 20 heavy (non-hydrogen) atoms. The highest BCUT2D eigenvalue weighted by Gasteiger charge is 2.33. The summed E-state index contributed by atoms with van der Waals surface area (Å²) in [6.45, 7) is 0.0339. The second-order valence-electron chi connectivity index (χ2n) is 4.59. The lowest BCUT2D eigenvalue weighted by Gasteiger charge is -2.20. The first kappa shape index (κ1) is 14.0. The van der Waals surface area contributed by atoms with E-state index in [0.717, 1.165) is 12.8 Å². The van der Waals surface area contributed by atoms with Gasteiger partial charge < -0.3 is 20.1 Å². The van der Waals surface area contributed by atoms with Crippen molar-refractivity contribution >= 4 is 17.7 Å². The average Bonchev–Trinajstić information content (AvgIpc) is 3.08. The first-order valence-corrected chi connectivity index (χ1v) is 6.16. The Labute approximate surface area is 113 Å². The maximum Gasteiger partial charge on any atom is 0.389 e. The Kier molecular flexibility index (Phi) is 3.97. The highest BCUT2D eigenvalue weighted by molar-refractivity contribution is 5.77. The van der Waals surface area contributed by atoms with Crippen LogP contribution in [0.3, 0.4) is 0 Å². The van der Waals surface area contributed by atoms with Gasteiger partial charge in [0.15, 0.2) is 0 Å². The highest BCUT2D eigenvalue weighted by atomic mass is 16.6. The first-order chi connectivity index (χ1) is 9.47. The van der Waals surface area contributed by atoms with Crippen LogP contribution in [-0.4, -0.2) is 49.2 Å². The van der Waals surface area contributed by atoms with Crippen molar-refractivity contribution in [2.75, 3.05) is 6.54 Å². The van der Waals surface area contributed by atoms with Gasteiger partial charge in [-0.25, -0.2) is 0 Å². The lowest BCUT2D eigenvalue weighted by Crippen LogP contribution is -2.37. The summed E-state index contributed by atoms with van der Waals surface area (Å²) in [5.41, 5.74) is 0. The Morgan fingerprint density at radius 2 is 2.25 bits per heavy atom. The number of hydrogen-bond donors (Lipinski definition) is 1. The summed E-state index contributed by atoms with van der Waals surface area (Å²) >= 11 is 0. The number of carbonyl (C=O) groups is 2. The molecule has 2 rings (SSSR count). The molecule has 1 heterocycles. The van der Waals surface area contributed by atoms with Crippen molar-refractivity contribution in [1.82, 2.24) is 14.7 Å². The molecule has 0 unspecified atom stereocenters. The number of hydrogen-bond acceptors (Lipinski definition) is 5. The molecule has 1 fully saturated rings. The Bertz CT molecular complexity index is 537. The summed E-state index contributed by atoms with van der Waals surface area (Å²) in [5.74, 6) is -1.55. The van der Waals surface area contributed by atoms with Gasteiger partial charge in [-0.15, -0.1) is 0 Å². The van der Waals surface area contributed by atoms with E-state index in [1.807, 2.05) is 0 Å². The Balaban J connectivity index is 1.96. The molecule has 0 aromatic carbocycles. The van der Waals surface area contributed by atoms with Crippen LogP contribution in [0.15, 0.2) is 12.3 Å². The molecular formula is C11H14N4O5. The second kappa shape index (κ2) is 5.68. The van der Waals surface area contributed by atoms with Gasteiger partial charge in [0.2, 0.25) is 5.91 Å². The number of rotatable bonds is 7. The standard InChI is InChI=1S/C11H14N4O5/c16-10(7-13-5-3-9(12-13)15(19)20)14(8-1-2-8)6-4-11(17)18/h3,5,8H,1-2,4,6-7H2,(H,17,18). The SMILES string of the molecule is O=C(O)CCN(C(=O)Cn1ccc([N+](=O)[O-])n1)C1CC1. The largest absolute Gasteiger partial charge is 0.481 e. The van der Waals surface area contributed by atoms with Crippen LogP contribution in [0.4, 0.5) is 5.82 Å². The quantitative estimate of drug-likeness (QED) is 0.566. The molecule has 9 heteroatoms. The third-order valence-electron chi connectivity index (χ3n) is 2.99. The van der Waals surface area contributed by atoms with Crippen LogP contribution in [0.1, 0.15) is 19.3 Å². The van der Waals surface area contributed by atoms with Crippen LogP contribution in [0, 0.1) is 10.1 Å². The van der Waals surface area contributed by atoms with E-state index < -0.39 is 10.9 Å². The molecule has 9 nitrogen and oxygen atoms in total.